The molecule has 3 nitrogen and oxygen atoms in total. The molecule has 0 spiro atoms. The molecule has 2 heterocycles. The molecule has 0 aromatic heterocycles. The van der Waals surface area contributed by atoms with Crippen molar-refractivity contribution in [1.82, 2.24) is 4.90 Å². The molecular weight excluding hydrogens is 200 g/mol. The topological polar surface area (TPSA) is 38.5 Å². The predicted molar refractivity (Wildman–Crippen MR) is 66.5 cm³/mol. The summed E-state index contributed by atoms with van der Waals surface area (Å²) in [6.45, 7) is 4.14. The first kappa shape index (κ1) is 12.3. The average Bonchev–Trinajstić information content (AvgIpc) is 2.75. The van der Waals surface area contributed by atoms with Crippen molar-refractivity contribution in [3.8, 4) is 0 Å². The van der Waals surface area contributed by atoms with Crippen LogP contribution in [0.2, 0.25) is 0 Å². The Balaban J connectivity index is 1.89. The maximum atomic E-state index is 5.95. The van der Waals surface area contributed by atoms with E-state index in [1.165, 1.54) is 58.0 Å². The van der Waals surface area contributed by atoms with Gasteiger partial charge in [0.1, 0.15) is 0 Å². The molecule has 2 aliphatic rings. The van der Waals surface area contributed by atoms with Crippen molar-refractivity contribution < 1.29 is 4.74 Å². The van der Waals surface area contributed by atoms with Gasteiger partial charge in [0.05, 0.1) is 6.10 Å². The average molecular weight is 226 g/mol. The van der Waals surface area contributed by atoms with Crippen LogP contribution in [0.25, 0.3) is 0 Å². The number of ether oxygens (including phenoxy) is 1. The van der Waals surface area contributed by atoms with Crippen LogP contribution >= 0.6 is 0 Å². The molecular formula is C13H26N2O. The summed E-state index contributed by atoms with van der Waals surface area (Å²) in [5.41, 5.74) is 5.95. The van der Waals surface area contributed by atoms with Crippen molar-refractivity contribution in [2.24, 2.45) is 5.73 Å². The van der Waals surface area contributed by atoms with Crippen LogP contribution < -0.4 is 5.73 Å². The van der Waals surface area contributed by atoms with Gasteiger partial charge in [-0.3, -0.25) is 4.90 Å². The molecule has 2 unspecified atom stereocenters. The third kappa shape index (κ3) is 3.19. The molecule has 2 fully saturated rings. The Morgan fingerprint density at radius 1 is 1.06 bits per heavy atom. The van der Waals surface area contributed by atoms with Crippen molar-refractivity contribution in [2.45, 2.75) is 57.1 Å². The van der Waals surface area contributed by atoms with E-state index in [9.17, 15) is 0 Å². The summed E-state index contributed by atoms with van der Waals surface area (Å²) < 4.78 is 5.81. The Labute approximate surface area is 99.3 Å². The van der Waals surface area contributed by atoms with Crippen LogP contribution in [0.5, 0.6) is 0 Å². The van der Waals surface area contributed by atoms with Gasteiger partial charge in [-0.15, -0.1) is 0 Å². The molecule has 3 heteroatoms. The van der Waals surface area contributed by atoms with E-state index < -0.39 is 0 Å². The molecule has 2 atom stereocenters. The Bertz CT molecular complexity index is 184. The van der Waals surface area contributed by atoms with E-state index in [2.05, 4.69) is 4.90 Å². The first-order valence-corrected chi connectivity index (χ1v) is 6.97. The second kappa shape index (κ2) is 6.58. The third-order valence-electron chi connectivity index (χ3n) is 4.00. The van der Waals surface area contributed by atoms with Gasteiger partial charge in [0.2, 0.25) is 0 Å². The fourth-order valence-corrected chi connectivity index (χ4v) is 3.05. The zero-order valence-electron chi connectivity index (χ0n) is 10.4. The lowest BCUT2D eigenvalue weighted by Gasteiger charge is -2.35. The van der Waals surface area contributed by atoms with E-state index in [0.29, 0.717) is 12.1 Å². The van der Waals surface area contributed by atoms with E-state index in [1.807, 2.05) is 0 Å². The highest BCUT2D eigenvalue weighted by molar-refractivity contribution is 4.84. The van der Waals surface area contributed by atoms with Gasteiger partial charge >= 0.3 is 0 Å². The fourth-order valence-electron chi connectivity index (χ4n) is 3.05. The summed E-state index contributed by atoms with van der Waals surface area (Å²) in [5.74, 6) is 0. The van der Waals surface area contributed by atoms with Gasteiger partial charge in [0.25, 0.3) is 0 Å². The number of nitrogens with zero attached hydrogens (tertiary/aromatic N) is 1. The largest absolute Gasteiger partial charge is 0.377 e. The maximum absolute atomic E-state index is 5.95. The van der Waals surface area contributed by atoms with Gasteiger partial charge in [-0.2, -0.15) is 0 Å². The van der Waals surface area contributed by atoms with E-state index in [0.717, 1.165) is 13.2 Å². The van der Waals surface area contributed by atoms with Crippen LogP contribution in [0.3, 0.4) is 0 Å². The highest BCUT2D eigenvalue weighted by atomic mass is 16.5. The Kier molecular flexibility index (Phi) is 5.07. The number of likely N-dealkylation sites (tertiary alicyclic amines) is 1. The molecule has 2 N–H and O–H groups in total. The molecule has 0 aromatic rings. The van der Waals surface area contributed by atoms with Crippen molar-refractivity contribution >= 4 is 0 Å². The summed E-state index contributed by atoms with van der Waals surface area (Å²) in [6, 6.07) is 0.473. The van der Waals surface area contributed by atoms with E-state index in [-0.39, 0.29) is 0 Å². The third-order valence-corrected chi connectivity index (χ3v) is 4.00. The molecule has 2 aliphatic heterocycles. The lowest BCUT2D eigenvalue weighted by molar-refractivity contribution is 0.0241. The van der Waals surface area contributed by atoms with Gasteiger partial charge in [0, 0.05) is 19.2 Å². The van der Waals surface area contributed by atoms with Crippen LogP contribution in [0, 0.1) is 0 Å². The molecule has 2 saturated heterocycles. The number of rotatable bonds is 3. The molecule has 94 valence electrons. The zero-order chi connectivity index (χ0) is 11.2. The number of hydrogen-bond donors (Lipinski definition) is 1. The Morgan fingerprint density at radius 2 is 1.75 bits per heavy atom. The summed E-state index contributed by atoms with van der Waals surface area (Å²) in [4.78, 5) is 2.59. The van der Waals surface area contributed by atoms with Gasteiger partial charge < -0.3 is 10.5 Å². The van der Waals surface area contributed by atoms with Gasteiger partial charge in [-0.25, -0.2) is 0 Å². The quantitative estimate of drug-likeness (QED) is 0.797. The Hall–Kier alpha value is -0.120. The normalized spacial score (nSPS) is 30.9. The minimum Gasteiger partial charge on any atom is -0.377 e. The van der Waals surface area contributed by atoms with Gasteiger partial charge in [-0.05, 0) is 38.8 Å². The van der Waals surface area contributed by atoms with Crippen LogP contribution in [0.15, 0.2) is 0 Å². The van der Waals surface area contributed by atoms with Crippen molar-refractivity contribution in [1.29, 1.82) is 0 Å². The minimum absolute atomic E-state index is 0.407. The lowest BCUT2D eigenvalue weighted by atomic mass is 10.0. The van der Waals surface area contributed by atoms with E-state index in [1.54, 1.807) is 0 Å². The molecule has 0 bridgehead atoms. The molecule has 0 saturated carbocycles. The summed E-state index contributed by atoms with van der Waals surface area (Å²) in [7, 11) is 0. The lowest BCUT2D eigenvalue weighted by Crippen LogP contribution is -2.49. The van der Waals surface area contributed by atoms with Gasteiger partial charge in [-0.1, -0.05) is 19.3 Å². The Morgan fingerprint density at radius 3 is 2.31 bits per heavy atom. The molecule has 0 aliphatic carbocycles. The molecule has 0 radical (unpaired) electrons. The first-order valence-electron chi connectivity index (χ1n) is 6.97. The van der Waals surface area contributed by atoms with Crippen molar-refractivity contribution in [2.75, 3.05) is 26.2 Å². The highest BCUT2D eigenvalue weighted by Crippen LogP contribution is 2.21. The second-order valence-corrected chi connectivity index (χ2v) is 5.16. The second-order valence-electron chi connectivity index (χ2n) is 5.16. The molecule has 0 aromatic carbocycles. The number of nitrogens with two attached hydrogens (primary N) is 1. The van der Waals surface area contributed by atoms with E-state index >= 15 is 0 Å². The summed E-state index contributed by atoms with van der Waals surface area (Å²) in [5, 5.41) is 0. The molecule has 16 heavy (non-hydrogen) atoms. The highest BCUT2D eigenvalue weighted by Gasteiger charge is 2.29. The van der Waals surface area contributed by atoms with Crippen molar-refractivity contribution in [3.63, 3.8) is 0 Å². The van der Waals surface area contributed by atoms with Crippen LogP contribution in [-0.2, 0) is 4.74 Å². The smallest absolute Gasteiger partial charge is 0.0743 e. The first-order chi connectivity index (χ1) is 7.92. The summed E-state index contributed by atoms with van der Waals surface area (Å²) in [6.07, 6.45) is 9.70. The van der Waals surface area contributed by atoms with Crippen LogP contribution in [0.1, 0.15) is 44.9 Å². The molecule has 0 amide bonds. The van der Waals surface area contributed by atoms with Crippen LogP contribution in [0.4, 0.5) is 0 Å². The number of hydrogen-bond acceptors (Lipinski definition) is 3. The van der Waals surface area contributed by atoms with Crippen LogP contribution in [-0.4, -0.2) is 43.3 Å². The maximum Gasteiger partial charge on any atom is 0.0743 e. The zero-order valence-corrected chi connectivity index (χ0v) is 10.4. The standard InChI is InChI=1S/C13H26N2O/c14-11-12(13-7-6-10-16-13)15-8-4-2-1-3-5-9-15/h12-13H,1-11,14H2. The minimum atomic E-state index is 0.407. The fraction of sp³-hybridized carbons (Fsp3) is 1.00. The van der Waals surface area contributed by atoms with Gasteiger partial charge in [0.15, 0.2) is 0 Å². The van der Waals surface area contributed by atoms with Crippen molar-refractivity contribution in [3.05, 3.63) is 0 Å². The molecule has 2 rings (SSSR count). The SMILES string of the molecule is NCC(C1CCCO1)N1CCCCCCC1. The predicted octanol–water partition coefficient (Wildman–Crippen LogP) is 1.76. The van der Waals surface area contributed by atoms with E-state index in [4.69, 9.17) is 10.5 Å². The monoisotopic (exact) mass is 226 g/mol. The summed E-state index contributed by atoms with van der Waals surface area (Å²) >= 11 is 0.